The Morgan fingerprint density at radius 2 is 1.90 bits per heavy atom. The van der Waals surface area contributed by atoms with Gasteiger partial charge in [-0.15, -0.1) is 0 Å². The van der Waals surface area contributed by atoms with Crippen molar-refractivity contribution in [1.82, 2.24) is 4.98 Å². The van der Waals surface area contributed by atoms with Crippen LogP contribution in [-0.2, 0) is 32.7 Å². The van der Waals surface area contributed by atoms with E-state index in [0.717, 1.165) is 0 Å². The minimum Gasteiger partial charge on any atom is -0.497 e. The second-order valence-corrected chi connectivity index (χ2v) is 8.46. The van der Waals surface area contributed by atoms with E-state index in [2.05, 4.69) is 4.98 Å². The summed E-state index contributed by atoms with van der Waals surface area (Å²) in [6.45, 7) is -0.699. The molecular formula is C20H17F2N3O5S. The number of primary sulfonamides is 1. The van der Waals surface area contributed by atoms with Gasteiger partial charge in [0, 0.05) is 28.8 Å². The highest BCUT2D eigenvalue weighted by atomic mass is 32.2. The maximum atomic E-state index is 14.7. The van der Waals surface area contributed by atoms with Crippen LogP contribution in [0.15, 0.2) is 41.4 Å². The second-order valence-electron chi connectivity index (χ2n) is 6.90. The first-order valence-corrected chi connectivity index (χ1v) is 10.6. The Hall–Kier alpha value is -3.15. The summed E-state index contributed by atoms with van der Waals surface area (Å²) in [5.41, 5.74) is 1.00. The van der Waals surface area contributed by atoms with Gasteiger partial charge in [0.15, 0.2) is 0 Å². The number of rotatable bonds is 4. The molecule has 31 heavy (non-hydrogen) atoms. The molecule has 162 valence electrons. The van der Waals surface area contributed by atoms with Crippen LogP contribution in [0.3, 0.4) is 0 Å². The van der Waals surface area contributed by atoms with E-state index in [1.807, 2.05) is 0 Å². The summed E-state index contributed by atoms with van der Waals surface area (Å²) in [5, 5.41) is 5.53. The van der Waals surface area contributed by atoms with Crippen LogP contribution in [0.2, 0.25) is 0 Å². The summed E-state index contributed by atoms with van der Waals surface area (Å²) in [7, 11) is -2.79. The second kappa shape index (κ2) is 7.84. The molecule has 0 fully saturated rings. The number of anilines is 1. The number of amides is 1. The molecule has 1 aliphatic heterocycles. The van der Waals surface area contributed by atoms with Crippen molar-refractivity contribution in [3.05, 3.63) is 59.3 Å². The number of pyridine rings is 1. The smallest absolute Gasteiger partial charge is 0.253 e. The maximum absolute atomic E-state index is 14.7. The summed E-state index contributed by atoms with van der Waals surface area (Å²) < 4.78 is 62.8. The first-order valence-electron chi connectivity index (χ1n) is 9.03. The topological polar surface area (TPSA) is 112 Å². The van der Waals surface area contributed by atoms with E-state index in [-0.39, 0.29) is 13.2 Å². The molecule has 2 aromatic carbocycles. The van der Waals surface area contributed by atoms with Gasteiger partial charge in [0.1, 0.15) is 24.0 Å². The zero-order valence-electron chi connectivity index (χ0n) is 16.3. The summed E-state index contributed by atoms with van der Waals surface area (Å²) in [6.07, 6.45) is 1.53. The van der Waals surface area contributed by atoms with Gasteiger partial charge >= 0.3 is 0 Å². The number of sulfonamides is 1. The number of carbonyl (C=O) groups is 1. The Morgan fingerprint density at radius 1 is 1.19 bits per heavy atom. The van der Waals surface area contributed by atoms with E-state index in [0.29, 0.717) is 40.0 Å². The highest BCUT2D eigenvalue weighted by molar-refractivity contribution is 7.89. The van der Waals surface area contributed by atoms with Gasteiger partial charge in [0.2, 0.25) is 10.0 Å². The van der Waals surface area contributed by atoms with Crippen molar-refractivity contribution in [3.63, 3.8) is 0 Å². The maximum Gasteiger partial charge on any atom is 0.253 e. The van der Waals surface area contributed by atoms with Crippen molar-refractivity contribution in [1.29, 1.82) is 0 Å². The number of hydrogen-bond donors (Lipinski definition) is 1. The number of nitrogens with zero attached hydrogens (tertiary/aromatic N) is 2. The van der Waals surface area contributed by atoms with Gasteiger partial charge in [-0.2, -0.15) is 0 Å². The Balaban J connectivity index is 1.86. The average molecular weight is 449 g/mol. The molecule has 0 spiro atoms. The fourth-order valence-electron chi connectivity index (χ4n) is 3.42. The van der Waals surface area contributed by atoms with Gasteiger partial charge in [0.25, 0.3) is 5.91 Å². The molecule has 11 heteroatoms. The van der Waals surface area contributed by atoms with Crippen LogP contribution in [0.5, 0.6) is 5.75 Å². The number of hydrogen-bond acceptors (Lipinski definition) is 6. The standard InChI is InChI=1S/C20H17F2N3O5S/c1-29-12-2-3-14-18(4-12)24-7-11-9-30-10-19(26)25(20(11)14)8-15-16(21)5-13(6-17(15)22)31(23,27)28/h2-7H,8-10H2,1H3,(H2,23,27,28). The predicted molar refractivity (Wildman–Crippen MR) is 107 cm³/mol. The molecule has 4 rings (SSSR count). The van der Waals surface area contributed by atoms with E-state index in [9.17, 15) is 22.0 Å². The van der Waals surface area contributed by atoms with Crippen LogP contribution in [0.4, 0.5) is 14.5 Å². The first-order chi connectivity index (χ1) is 14.7. The summed E-state index contributed by atoms with van der Waals surface area (Å²) in [5.74, 6) is -2.23. The van der Waals surface area contributed by atoms with Gasteiger partial charge in [-0.25, -0.2) is 22.3 Å². The van der Waals surface area contributed by atoms with E-state index in [4.69, 9.17) is 14.6 Å². The lowest BCUT2D eigenvalue weighted by Crippen LogP contribution is -2.33. The molecule has 2 heterocycles. The minimum atomic E-state index is -4.30. The van der Waals surface area contributed by atoms with Crippen LogP contribution in [0, 0.1) is 11.6 Å². The molecule has 2 N–H and O–H groups in total. The van der Waals surface area contributed by atoms with Crippen molar-refractivity contribution < 1.29 is 31.5 Å². The Labute approximate surface area is 176 Å². The predicted octanol–water partition coefficient (Wildman–Crippen LogP) is 2.23. The normalized spacial score (nSPS) is 14.5. The van der Waals surface area contributed by atoms with Gasteiger partial charge in [-0.3, -0.25) is 9.78 Å². The lowest BCUT2D eigenvalue weighted by atomic mass is 10.1. The summed E-state index contributed by atoms with van der Waals surface area (Å²) in [6, 6.07) is 6.31. The first kappa shape index (κ1) is 21.1. The summed E-state index contributed by atoms with van der Waals surface area (Å²) in [4.78, 5) is 17.7. The molecule has 0 saturated heterocycles. The molecule has 0 atom stereocenters. The van der Waals surface area contributed by atoms with Gasteiger partial charge in [-0.1, -0.05) is 0 Å². The third-order valence-electron chi connectivity index (χ3n) is 4.94. The molecular weight excluding hydrogens is 432 g/mol. The van der Waals surface area contributed by atoms with Gasteiger partial charge < -0.3 is 14.4 Å². The number of carbonyl (C=O) groups excluding carboxylic acids is 1. The number of fused-ring (bicyclic) bond motifs is 3. The molecule has 0 saturated carbocycles. The molecule has 3 aromatic rings. The third kappa shape index (κ3) is 3.94. The van der Waals surface area contributed by atoms with E-state index in [1.54, 1.807) is 18.2 Å². The molecule has 0 aliphatic carbocycles. The number of nitrogens with two attached hydrogens (primary N) is 1. The monoisotopic (exact) mass is 449 g/mol. The average Bonchev–Trinajstić information content (AvgIpc) is 2.87. The Bertz CT molecular complexity index is 1290. The highest BCUT2D eigenvalue weighted by Gasteiger charge is 2.28. The fraction of sp³-hybridized carbons (Fsp3) is 0.200. The quantitative estimate of drug-likeness (QED) is 0.654. The molecule has 0 unspecified atom stereocenters. The number of aromatic nitrogens is 1. The summed E-state index contributed by atoms with van der Waals surface area (Å²) >= 11 is 0. The van der Waals surface area contributed by atoms with Crippen molar-refractivity contribution in [2.45, 2.75) is 18.0 Å². The number of ether oxygens (including phenoxy) is 2. The van der Waals surface area contributed by atoms with Crippen LogP contribution in [-0.4, -0.2) is 33.0 Å². The third-order valence-corrected chi connectivity index (χ3v) is 5.83. The molecule has 0 bridgehead atoms. The van der Waals surface area contributed by atoms with Crippen molar-refractivity contribution in [2.24, 2.45) is 5.14 Å². The lowest BCUT2D eigenvalue weighted by molar-refractivity contribution is -0.123. The molecule has 1 amide bonds. The Kier molecular flexibility index (Phi) is 5.33. The molecule has 8 nitrogen and oxygen atoms in total. The van der Waals surface area contributed by atoms with Crippen LogP contribution < -0.4 is 14.8 Å². The number of benzene rings is 2. The largest absolute Gasteiger partial charge is 0.497 e. The van der Waals surface area contributed by atoms with E-state index >= 15 is 0 Å². The zero-order chi connectivity index (χ0) is 22.3. The fourth-order valence-corrected chi connectivity index (χ4v) is 3.96. The van der Waals surface area contributed by atoms with Crippen molar-refractivity contribution in [3.8, 4) is 5.75 Å². The number of methoxy groups -OCH3 is 1. The van der Waals surface area contributed by atoms with Crippen LogP contribution >= 0.6 is 0 Å². The highest BCUT2D eigenvalue weighted by Crippen LogP contribution is 2.35. The van der Waals surface area contributed by atoms with Crippen LogP contribution in [0.1, 0.15) is 11.1 Å². The van der Waals surface area contributed by atoms with E-state index < -0.39 is 44.6 Å². The molecule has 1 aromatic heterocycles. The SMILES string of the molecule is COc1ccc2c3c(cnc2c1)COCC(=O)N3Cc1c(F)cc(S(N)(=O)=O)cc1F. The van der Waals surface area contributed by atoms with Gasteiger partial charge in [0.05, 0.1) is 36.4 Å². The molecule has 0 radical (unpaired) electrons. The molecule has 1 aliphatic rings. The van der Waals surface area contributed by atoms with Crippen LogP contribution in [0.25, 0.3) is 10.9 Å². The van der Waals surface area contributed by atoms with Gasteiger partial charge in [-0.05, 0) is 24.3 Å². The zero-order valence-corrected chi connectivity index (χ0v) is 17.1. The van der Waals surface area contributed by atoms with E-state index in [1.165, 1.54) is 18.2 Å². The number of halogens is 2. The lowest BCUT2D eigenvalue weighted by Gasteiger charge is -2.24. The Morgan fingerprint density at radius 3 is 2.55 bits per heavy atom. The minimum absolute atomic E-state index is 0.0852. The van der Waals surface area contributed by atoms with Crippen molar-refractivity contribution in [2.75, 3.05) is 18.6 Å². The van der Waals surface area contributed by atoms with Crippen molar-refractivity contribution >= 4 is 32.5 Å².